The molecule has 142 valence electrons. The minimum atomic E-state index is -3.57. The van der Waals surface area contributed by atoms with Gasteiger partial charge in [0.25, 0.3) is 5.91 Å². The lowest BCUT2D eigenvalue weighted by Gasteiger charge is -2.22. The summed E-state index contributed by atoms with van der Waals surface area (Å²) in [5.74, 6) is 0.487. The molecule has 2 aromatic rings. The highest BCUT2D eigenvalue weighted by atomic mass is 32.2. The van der Waals surface area contributed by atoms with Gasteiger partial charge < -0.3 is 9.73 Å². The molecule has 0 spiro atoms. The lowest BCUT2D eigenvalue weighted by molar-refractivity contribution is 0.0939. The molecule has 0 fully saturated rings. The molecule has 0 saturated carbocycles. The molecule has 1 amide bonds. The average Bonchev–Trinajstić information content (AvgIpc) is 3.07. The van der Waals surface area contributed by atoms with Gasteiger partial charge in [0.1, 0.15) is 5.76 Å². The second-order valence-electron chi connectivity index (χ2n) is 6.51. The van der Waals surface area contributed by atoms with Crippen LogP contribution < -0.4 is 10.0 Å². The molecular weight excluding hydrogens is 354 g/mol. The number of furan rings is 1. The summed E-state index contributed by atoms with van der Waals surface area (Å²) < 4.78 is 32.2. The summed E-state index contributed by atoms with van der Waals surface area (Å²) in [7, 11) is 0.238. The van der Waals surface area contributed by atoms with E-state index in [0.29, 0.717) is 12.1 Å². The third-order valence-electron chi connectivity index (χ3n) is 3.77. The molecule has 8 heteroatoms. The fourth-order valence-electron chi connectivity index (χ4n) is 2.47. The number of carbonyl (C=O) groups is 1. The second-order valence-corrected chi connectivity index (χ2v) is 8.22. The number of rotatable bonds is 8. The Morgan fingerprint density at radius 2 is 1.81 bits per heavy atom. The van der Waals surface area contributed by atoms with Gasteiger partial charge in [0.05, 0.1) is 17.2 Å². The maximum absolute atomic E-state index is 12.4. The van der Waals surface area contributed by atoms with Crippen LogP contribution >= 0.6 is 0 Å². The van der Waals surface area contributed by atoms with Crippen molar-refractivity contribution in [2.75, 3.05) is 20.6 Å². The van der Waals surface area contributed by atoms with Crippen LogP contribution in [-0.2, 0) is 10.0 Å². The number of benzene rings is 1. The SMILES string of the molecule is CC(C)NS(=O)(=O)c1ccc(C(=O)NCC(c2ccco2)N(C)C)cc1. The molecule has 2 rings (SSSR count). The first-order valence-electron chi connectivity index (χ1n) is 8.31. The number of amides is 1. The highest BCUT2D eigenvalue weighted by Crippen LogP contribution is 2.18. The molecule has 26 heavy (non-hydrogen) atoms. The molecule has 1 unspecified atom stereocenters. The van der Waals surface area contributed by atoms with Crippen LogP contribution in [0.4, 0.5) is 0 Å². The van der Waals surface area contributed by atoms with Gasteiger partial charge in [-0.15, -0.1) is 0 Å². The Morgan fingerprint density at radius 3 is 2.31 bits per heavy atom. The van der Waals surface area contributed by atoms with Gasteiger partial charge >= 0.3 is 0 Å². The minimum absolute atomic E-state index is 0.0937. The number of sulfonamides is 1. The fourth-order valence-corrected chi connectivity index (χ4v) is 3.72. The van der Waals surface area contributed by atoms with E-state index in [1.165, 1.54) is 24.3 Å². The van der Waals surface area contributed by atoms with Crippen LogP contribution in [0.5, 0.6) is 0 Å². The van der Waals surface area contributed by atoms with E-state index in [9.17, 15) is 13.2 Å². The standard InChI is InChI=1S/C18H25N3O4S/c1-13(2)20-26(23,24)15-9-7-14(8-10-15)18(22)19-12-16(21(3)4)17-6-5-11-25-17/h5-11,13,16,20H,12H2,1-4H3,(H,19,22). The molecule has 2 N–H and O–H groups in total. The van der Waals surface area contributed by atoms with E-state index in [1.54, 1.807) is 26.2 Å². The van der Waals surface area contributed by atoms with E-state index in [1.807, 2.05) is 25.1 Å². The predicted octanol–water partition coefficient (Wildman–Crippen LogP) is 2.00. The van der Waals surface area contributed by atoms with Crippen LogP contribution in [-0.4, -0.2) is 45.9 Å². The predicted molar refractivity (Wildman–Crippen MR) is 99.4 cm³/mol. The van der Waals surface area contributed by atoms with E-state index in [0.717, 1.165) is 5.76 Å². The normalized spacial score (nSPS) is 13.2. The Labute approximate surface area is 154 Å². The van der Waals surface area contributed by atoms with Gasteiger partial charge in [-0.05, 0) is 64.3 Å². The second kappa shape index (κ2) is 8.48. The quantitative estimate of drug-likeness (QED) is 0.732. The van der Waals surface area contributed by atoms with Gasteiger partial charge in [-0.2, -0.15) is 0 Å². The van der Waals surface area contributed by atoms with Gasteiger partial charge in [-0.1, -0.05) is 0 Å². The summed E-state index contributed by atoms with van der Waals surface area (Å²) in [6, 6.07) is 9.22. The van der Waals surface area contributed by atoms with Crippen LogP contribution in [0.1, 0.15) is 36.0 Å². The number of hydrogen-bond donors (Lipinski definition) is 2. The van der Waals surface area contributed by atoms with Gasteiger partial charge in [-0.3, -0.25) is 9.69 Å². The van der Waals surface area contributed by atoms with Crippen LogP contribution in [0.2, 0.25) is 0 Å². The first-order valence-corrected chi connectivity index (χ1v) is 9.79. The van der Waals surface area contributed by atoms with Crippen molar-refractivity contribution in [1.82, 2.24) is 14.9 Å². The molecule has 0 aliphatic rings. The maximum atomic E-state index is 12.4. The molecule has 0 radical (unpaired) electrons. The molecule has 1 aromatic carbocycles. The molecule has 0 aliphatic carbocycles. The Bertz CT molecular complexity index is 813. The minimum Gasteiger partial charge on any atom is -0.468 e. The monoisotopic (exact) mass is 379 g/mol. The van der Waals surface area contributed by atoms with Crippen molar-refractivity contribution in [2.45, 2.75) is 30.8 Å². The summed E-state index contributed by atoms with van der Waals surface area (Å²) in [5.41, 5.74) is 0.394. The zero-order valence-corrected chi connectivity index (χ0v) is 16.2. The number of likely N-dealkylation sites (N-methyl/N-ethyl adjacent to an activating group) is 1. The Morgan fingerprint density at radius 1 is 1.15 bits per heavy atom. The van der Waals surface area contributed by atoms with Crippen molar-refractivity contribution < 1.29 is 17.6 Å². The molecule has 1 aromatic heterocycles. The van der Waals surface area contributed by atoms with Gasteiger partial charge in [0.15, 0.2) is 0 Å². The molecule has 1 atom stereocenters. The summed E-state index contributed by atoms with van der Waals surface area (Å²) in [6.07, 6.45) is 1.60. The lowest BCUT2D eigenvalue weighted by atomic mass is 10.2. The largest absolute Gasteiger partial charge is 0.468 e. The molecule has 0 bridgehead atoms. The van der Waals surface area contributed by atoms with Crippen molar-refractivity contribution in [3.05, 3.63) is 54.0 Å². The van der Waals surface area contributed by atoms with Crippen molar-refractivity contribution in [3.8, 4) is 0 Å². The number of nitrogens with zero attached hydrogens (tertiary/aromatic N) is 1. The van der Waals surface area contributed by atoms with Crippen molar-refractivity contribution in [2.24, 2.45) is 0 Å². The van der Waals surface area contributed by atoms with Crippen LogP contribution in [0.25, 0.3) is 0 Å². The van der Waals surface area contributed by atoms with Gasteiger partial charge in [0, 0.05) is 18.2 Å². The summed E-state index contributed by atoms with van der Waals surface area (Å²) >= 11 is 0. The van der Waals surface area contributed by atoms with Crippen molar-refractivity contribution in [3.63, 3.8) is 0 Å². The summed E-state index contributed by atoms with van der Waals surface area (Å²) in [6.45, 7) is 3.87. The smallest absolute Gasteiger partial charge is 0.251 e. The van der Waals surface area contributed by atoms with Gasteiger partial charge in [-0.25, -0.2) is 13.1 Å². The molecule has 0 aliphatic heterocycles. The van der Waals surface area contributed by atoms with Crippen molar-refractivity contribution in [1.29, 1.82) is 0 Å². The Hall–Kier alpha value is -2.16. The molecule has 1 heterocycles. The zero-order chi connectivity index (χ0) is 19.3. The van der Waals surface area contributed by atoms with Gasteiger partial charge in [0.2, 0.25) is 10.0 Å². The third-order valence-corrected chi connectivity index (χ3v) is 5.44. The van der Waals surface area contributed by atoms with E-state index >= 15 is 0 Å². The first-order chi connectivity index (χ1) is 12.2. The first kappa shape index (κ1) is 20.2. The third kappa shape index (κ3) is 5.17. The average molecular weight is 379 g/mol. The highest BCUT2D eigenvalue weighted by molar-refractivity contribution is 7.89. The fraction of sp³-hybridized carbons (Fsp3) is 0.389. The maximum Gasteiger partial charge on any atom is 0.251 e. The van der Waals surface area contributed by atoms with Crippen LogP contribution in [0.3, 0.4) is 0 Å². The number of nitrogens with one attached hydrogen (secondary N) is 2. The topological polar surface area (TPSA) is 91.6 Å². The Balaban J connectivity index is 2.04. The lowest BCUT2D eigenvalue weighted by Crippen LogP contribution is -2.34. The number of hydrogen-bond acceptors (Lipinski definition) is 5. The highest BCUT2D eigenvalue weighted by Gasteiger charge is 2.19. The van der Waals surface area contributed by atoms with Crippen molar-refractivity contribution >= 4 is 15.9 Å². The summed E-state index contributed by atoms with van der Waals surface area (Å²) in [4.78, 5) is 14.4. The van der Waals surface area contributed by atoms with E-state index in [4.69, 9.17) is 4.42 Å². The van der Waals surface area contributed by atoms with E-state index in [-0.39, 0.29) is 22.9 Å². The molecule has 0 saturated heterocycles. The molecular formula is C18H25N3O4S. The number of carbonyl (C=O) groups excluding carboxylic acids is 1. The molecule has 7 nitrogen and oxygen atoms in total. The Kier molecular flexibility index (Phi) is 6.57. The van der Waals surface area contributed by atoms with E-state index in [2.05, 4.69) is 10.0 Å². The van der Waals surface area contributed by atoms with Crippen LogP contribution in [0, 0.1) is 0 Å². The van der Waals surface area contributed by atoms with E-state index < -0.39 is 10.0 Å². The summed E-state index contributed by atoms with van der Waals surface area (Å²) in [5, 5.41) is 2.85. The van der Waals surface area contributed by atoms with Crippen LogP contribution in [0.15, 0.2) is 52.0 Å². The zero-order valence-electron chi connectivity index (χ0n) is 15.4.